The van der Waals surface area contributed by atoms with Crippen LogP contribution in [0.5, 0.6) is 0 Å². The van der Waals surface area contributed by atoms with Crippen molar-refractivity contribution in [2.75, 3.05) is 26.2 Å². The molecule has 1 atom stereocenters. The highest BCUT2D eigenvalue weighted by Crippen LogP contribution is 2.42. The first-order valence-corrected chi connectivity index (χ1v) is 13.1. The second-order valence-corrected chi connectivity index (χ2v) is 10.8. The Bertz CT molecular complexity index is 1040. The highest BCUT2D eigenvalue weighted by atomic mass is 16.5. The normalized spacial score (nSPS) is 28.3. The molecule has 4 fully saturated rings. The van der Waals surface area contributed by atoms with Crippen molar-refractivity contribution in [1.29, 1.82) is 0 Å². The highest BCUT2D eigenvalue weighted by molar-refractivity contribution is 5.83. The van der Waals surface area contributed by atoms with Crippen molar-refractivity contribution >= 4 is 17.7 Å². The van der Waals surface area contributed by atoms with Gasteiger partial charge in [0.25, 0.3) is 0 Å². The van der Waals surface area contributed by atoms with Gasteiger partial charge in [0.05, 0.1) is 36.6 Å². The summed E-state index contributed by atoms with van der Waals surface area (Å²) in [4.78, 5) is 26.4. The third-order valence-electron chi connectivity index (χ3n) is 8.45. The Balaban J connectivity index is 1.32. The van der Waals surface area contributed by atoms with Crippen LogP contribution in [-0.2, 0) is 14.9 Å². The number of rotatable bonds is 6. The minimum absolute atomic E-state index is 0.0616. The van der Waals surface area contributed by atoms with E-state index in [0.717, 1.165) is 62.9 Å². The SMILES string of the molecule is Cc1cnc(N=C([O-])C[N+]23CCC(CC2)[C@@H](OC(=O)C2(c4ccccc4)CCCCCC2)C3)cn1. The maximum atomic E-state index is 13.9. The van der Waals surface area contributed by atoms with E-state index < -0.39 is 5.41 Å². The minimum atomic E-state index is -0.552. The Hall–Kier alpha value is -2.80. The van der Waals surface area contributed by atoms with Crippen LogP contribution in [0.4, 0.5) is 5.82 Å². The van der Waals surface area contributed by atoms with Crippen LogP contribution >= 0.6 is 0 Å². The zero-order valence-electron chi connectivity index (χ0n) is 20.7. The van der Waals surface area contributed by atoms with Gasteiger partial charge in [0.1, 0.15) is 13.1 Å². The predicted molar refractivity (Wildman–Crippen MR) is 132 cm³/mol. The molecular weight excluding hydrogens is 440 g/mol. The van der Waals surface area contributed by atoms with E-state index >= 15 is 0 Å². The number of hydrogen-bond donors (Lipinski definition) is 0. The fourth-order valence-corrected chi connectivity index (χ4v) is 6.42. The van der Waals surface area contributed by atoms with E-state index in [0.29, 0.717) is 29.3 Å². The molecule has 0 radical (unpaired) electrons. The standard InChI is InChI=1S/C28H36N4O3/c1-21-17-30-25(18-29-21)31-26(33)20-32-15-11-22(12-16-32)24(19-32)35-27(34)28(13-7-2-3-8-14-28)23-9-5-4-6-10-23/h4-6,9-10,17-18,22,24H,2-3,7-8,11-16,19-20H2,1H3/t22?,24-,32?/m0/s1. The summed E-state index contributed by atoms with van der Waals surface area (Å²) in [5.41, 5.74) is 1.33. The van der Waals surface area contributed by atoms with E-state index in [1.807, 2.05) is 25.1 Å². The molecule has 1 aromatic carbocycles. The van der Waals surface area contributed by atoms with Crippen LogP contribution in [0.15, 0.2) is 47.7 Å². The van der Waals surface area contributed by atoms with Crippen molar-refractivity contribution in [3.8, 4) is 0 Å². The topological polar surface area (TPSA) is 87.5 Å². The lowest BCUT2D eigenvalue weighted by molar-refractivity contribution is -0.939. The van der Waals surface area contributed by atoms with Crippen molar-refractivity contribution in [2.45, 2.75) is 69.8 Å². The number of fused-ring (bicyclic) bond motifs is 3. The first kappa shape index (κ1) is 23.9. The number of esters is 1. The van der Waals surface area contributed by atoms with Gasteiger partial charge in [0, 0.05) is 24.7 Å². The van der Waals surface area contributed by atoms with Crippen LogP contribution in [-0.4, -0.2) is 58.6 Å². The van der Waals surface area contributed by atoms with Crippen LogP contribution in [0, 0.1) is 12.8 Å². The predicted octanol–water partition coefficient (Wildman–Crippen LogP) is 3.62. The van der Waals surface area contributed by atoms with Crippen molar-refractivity contribution in [2.24, 2.45) is 10.9 Å². The molecule has 0 amide bonds. The molecule has 35 heavy (non-hydrogen) atoms. The number of hydrogen-bond acceptors (Lipinski definition) is 6. The number of nitrogens with zero attached hydrogens (tertiary/aromatic N) is 4. The average Bonchev–Trinajstić information content (AvgIpc) is 3.14. The molecule has 3 aliphatic heterocycles. The number of carbonyl (C=O) groups is 1. The molecule has 4 aliphatic rings. The summed E-state index contributed by atoms with van der Waals surface area (Å²) < 4.78 is 7.04. The van der Waals surface area contributed by atoms with E-state index in [9.17, 15) is 9.90 Å². The lowest BCUT2D eigenvalue weighted by atomic mass is 9.74. The molecule has 0 unspecified atom stereocenters. The maximum Gasteiger partial charge on any atom is 0.317 e. The highest BCUT2D eigenvalue weighted by Gasteiger charge is 2.50. The van der Waals surface area contributed by atoms with Gasteiger partial charge < -0.3 is 14.3 Å². The molecule has 186 valence electrons. The zero-order chi connectivity index (χ0) is 24.3. The molecule has 2 bridgehead atoms. The van der Waals surface area contributed by atoms with Crippen LogP contribution in [0.25, 0.3) is 0 Å². The van der Waals surface area contributed by atoms with Crippen molar-refractivity contribution in [3.05, 3.63) is 54.0 Å². The Morgan fingerprint density at radius 1 is 1.09 bits per heavy atom. The quantitative estimate of drug-likeness (QED) is 0.209. The summed E-state index contributed by atoms with van der Waals surface area (Å²) in [6, 6.07) is 10.2. The molecule has 1 aromatic heterocycles. The van der Waals surface area contributed by atoms with E-state index in [4.69, 9.17) is 4.74 Å². The Morgan fingerprint density at radius 3 is 2.46 bits per heavy atom. The number of piperidine rings is 3. The summed E-state index contributed by atoms with van der Waals surface area (Å²) in [7, 11) is 0. The smallest absolute Gasteiger partial charge is 0.317 e. The number of ether oxygens (including phenoxy) is 1. The maximum absolute atomic E-state index is 13.9. The van der Waals surface area contributed by atoms with Crippen LogP contribution in [0.2, 0.25) is 0 Å². The average molecular weight is 477 g/mol. The molecule has 1 aliphatic carbocycles. The molecule has 1 saturated carbocycles. The van der Waals surface area contributed by atoms with E-state index in [2.05, 4.69) is 27.1 Å². The summed E-state index contributed by atoms with van der Waals surface area (Å²) in [5.74, 6) is 0.492. The second kappa shape index (κ2) is 10.1. The van der Waals surface area contributed by atoms with Crippen molar-refractivity contribution in [1.82, 2.24) is 9.97 Å². The van der Waals surface area contributed by atoms with Crippen LogP contribution in [0.3, 0.4) is 0 Å². The summed E-state index contributed by atoms with van der Waals surface area (Å²) >= 11 is 0. The molecule has 7 heteroatoms. The van der Waals surface area contributed by atoms with Gasteiger partial charge in [0.15, 0.2) is 11.9 Å². The Kier molecular flexibility index (Phi) is 6.87. The lowest BCUT2D eigenvalue weighted by Crippen LogP contribution is -2.67. The Morgan fingerprint density at radius 2 is 1.80 bits per heavy atom. The molecule has 0 spiro atoms. The lowest BCUT2D eigenvalue weighted by Gasteiger charge is -2.53. The summed E-state index contributed by atoms with van der Waals surface area (Å²) in [6.45, 7) is 4.74. The number of aromatic nitrogens is 2. The van der Waals surface area contributed by atoms with Crippen molar-refractivity contribution < 1.29 is 19.1 Å². The zero-order valence-corrected chi connectivity index (χ0v) is 20.7. The van der Waals surface area contributed by atoms with E-state index in [-0.39, 0.29) is 18.0 Å². The molecule has 7 nitrogen and oxygen atoms in total. The number of aryl methyl sites for hydroxylation is 1. The van der Waals surface area contributed by atoms with Gasteiger partial charge in [-0.3, -0.25) is 9.78 Å². The van der Waals surface area contributed by atoms with E-state index in [1.54, 1.807) is 6.20 Å². The first-order chi connectivity index (χ1) is 17.0. The molecule has 3 saturated heterocycles. The Labute approximate surface area is 207 Å². The molecular formula is C28H36N4O3. The number of aliphatic imine (C=N–C) groups is 1. The number of quaternary nitrogens is 1. The van der Waals surface area contributed by atoms with Gasteiger partial charge in [-0.1, -0.05) is 56.0 Å². The van der Waals surface area contributed by atoms with Gasteiger partial charge in [-0.25, -0.2) is 9.98 Å². The molecule has 0 N–H and O–H groups in total. The van der Waals surface area contributed by atoms with Gasteiger partial charge in [-0.15, -0.1) is 0 Å². The third kappa shape index (κ3) is 5.10. The fraction of sp³-hybridized carbons (Fsp3) is 0.571. The monoisotopic (exact) mass is 476 g/mol. The van der Waals surface area contributed by atoms with Crippen molar-refractivity contribution in [3.63, 3.8) is 0 Å². The van der Waals surface area contributed by atoms with Gasteiger partial charge in [0.2, 0.25) is 0 Å². The van der Waals surface area contributed by atoms with Gasteiger partial charge in [-0.05, 0) is 25.3 Å². The molecule has 2 aromatic rings. The van der Waals surface area contributed by atoms with Crippen LogP contribution in [0.1, 0.15) is 62.6 Å². The van der Waals surface area contributed by atoms with Gasteiger partial charge in [-0.2, -0.15) is 0 Å². The van der Waals surface area contributed by atoms with Crippen LogP contribution < -0.4 is 5.11 Å². The van der Waals surface area contributed by atoms with E-state index in [1.165, 1.54) is 19.0 Å². The fourth-order valence-electron chi connectivity index (χ4n) is 6.42. The largest absolute Gasteiger partial charge is 0.858 e. The first-order valence-electron chi connectivity index (χ1n) is 13.1. The van der Waals surface area contributed by atoms with Gasteiger partial charge >= 0.3 is 5.97 Å². The number of carbonyl (C=O) groups excluding carboxylic acids is 1. The third-order valence-corrected chi connectivity index (χ3v) is 8.45. The second-order valence-electron chi connectivity index (χ2n) is 10.8. The minimum Gasteiger partial charge on any atom is -0.858 e. The summed E-state index contributed by atoms with van der Waals surface area (Å²) in [6.07, 6.45) is 11.1. The molecule has 4 heterocycles. The summed E-state index contributed by atoms with van der Waals surface area (Å²) in [5, 5.41) is 12.8. The molecule has 6 rings (SSSR count). The number of benzene rings is 1.